The molecule has 0 saturated carbocycles. The lowest BCUT2D eigenvalue weighted by atomic mass is 9.94. The van der Waals surface area contributed by atoms with Crippen LogP contribution in [0, 0.1) is 5.92 Å². The molecule has 0 amide bonds. The van der Waals surface area contributed by atoms with E-state index in [9.17, 15) is 0 Å². The Bertz CT molecular complexity index is 547. The molecule has 0 radical (unpaired) electrons. The highest BCUT2D eigenvalue weighted by atomic mass is 127. The van der Waals surface area contributed by atoms with Gasteiger partial charge in [0.15, 0.2) is 5.96 Å². The summed E-state index contributed by atoms with van der Waals surface area (Å²) in [4.78, 5) is 11.2. The van der Waals surface area contributed by atoms with E-state index in [0.29, 0.717) is 24.4 Å². The van der Waals surface area contributed by atoms with Crippen LogP contribution in [-0.4, -0.2) is 48.6 Å². The number of rotatable bonds is 9. The highest BCUT2D eigenvalue weighted by Gasteiger charge is 2.20. The molecule has 0 fully saturated rings. The Morgan fingerprint density at radius 3 is 2.30 bits per heavy atom. The first kappa shape index (κ1) is 26.2. The summed E-state index contributed by atoms with van der Waals surface area (Å²) in [6.07, 6.45) is 2.98. The van der Waals surface area contributed by atoms with Gasteiger partial charge in [0.2, 0.25) is 5.89 Å². The van der Waals surface area contributed by atoms with E-state index >= 15 is 0 Å². The second-order valence-corrected chi connectivity index (χ2v) is 8.18. The summed E-state index contributed by atoms with van der Waals surface area (Å²) < 4.78 is 5.83. The maximum atomic E-state index is 5.83. The van der Waals surface area contributed by atoms with Gasteiger partial charge in [0, 0.05) is 25.0 Å². The van der Waals surface area contributed by atoms with Crippen LogP contribution in [-0.2, 0) is 12.0 Å². The fraction of sp³-hybridized carbons (Fsp3) is 0.800. The van der Waals surface area contributed by atoms with Crippen molar-refractivity contribution in [3.63, 3.8) is 0 Å². The predicted molar refractivity (Wildman–Crippen MR) is 125 cm³/mol. The molecule has 1 aromatic heterocycles. The molecule has 0 bridgehead atoms. The number of nitrogens with one attached hydrogen (secondary N) is 2. The summed E-state index contributed by atoms with van der Waals surface area (Å²) in [5.74, 6) is 3.03. The van der Waals surface area contributed by atoms with Gasteiger partial charge >= 0.3 is 0 Å². The van der Waals surface area contributed by atoms with Gasteiger partial charge < -0.3 is 15.1 Å². The van der Waals surface area contributed by atoms with E-state index in [-0.39, 0.29) is 29.4 Å². The number of oxazole rings is 1. The first-order chi connectivity index (χ1) is 12.2. The lowest BCUT2D eigenvalue weighted by molar-refractivity contribution is 0.191. The van der Waals surface area contributed by atoms with Crippen molar-refractivity contribution < 1.29 is 4.42 Å². The van der Waals surface area contributed by atoms with Crippen molar-refractivity contribution >= 4 is 29.9 Å². The molecule has 2 N–H and O–H groups in total. The fourth-order valence-electron chi connectivity index (χ4n) is 2.98. The SMILES string of the molecule is CCN(CC)C(CNC(=NC)NCc1ncc(C(C)(C)C)o1)CC(C)C.I. The summed E-state index contributed by atoms with van der Waals surface area (Å²) in [6, 6.07) is 0.498. The number of nitrogens with zero attached hydrogens (tertiary/aromatic N) is 3. The molecule has 0 aromatic carbocycles. The van der Waals surface area contributed by atoms with E-state index in [1.807, 2.05) is 6.20 Å². The molecule has 27 heavy (non-hydrogen) atoms. The highest BCUT2D eigenvalue weighted by molar-refractivity contribution is 14.0. The van der Waals surface area contributed by atoms with Gasteiger partial charge in [-0.15, -0.1) is 24.0 Å². The molecule has 7 heteroatoms. The molecule has 0 aliphatic heterocycles. The van der Waals surface area contributed by atoms with Crippen LogP contribution in [0.2, 0.25) is 0 Å². The van der Waals surface area contributed by atoms with Crippen LogP contribution in [0.5, 0.6) is 0 Å². The van der Waals surface area contributed by atoms with Crippen molar-refractivity contribution in [2.75, 3.05) is 26.7 Å². The first-order valence-electron chi connectivity index (χ1n) is 9.84. The monoisotopic (exact) mass is 493 g/mol. The molecule has 0 saturated heterocycles. The molecule has 1 atom stereocenters. The molecule has 158 valence electrons. The Hall–Kier alpha value is -0.830. The third-order valence-corrected chi connectivity index (χ3v) is 4.50. The molecular weight excluding hydrogens is 453 g/mol. The van der Waals surface area contributed by atoms with E-state index in [2.05, 4.69) is 74.0 Å². The van der Waals surface area contributed by atoms with E-state index in [0.717, 1.165) is 31.4 Å². The maximum absolute atomic E-state index is 5.83. The fourth-order valence-corrected chi connectivity index (χ4v) is 2.98. The normalized spacial score (nSPS) is 13.6. The van der Waals surface area contributed by atoms with E-state index in [4.69, 9.17) is 4.42 Å². The molecule has 0 spiro atoms. The van der Waals surface area contributed by atoms with Gasteiger partial charge in [-0.05, 0) is 25.4 Å². The average molecular weight is 493 g/mol. The minimum atomic E-state index is -0.0288. The summed E-state index contributed by atoms with van der Waals surface area (Å²) in [5.41, 5.74) is -0.0288. The van der Waals surface area contributed by atoms with Crippen molar-refractivity contribution in [3.8, 4) is 0 Å². The molecule has 1 aromatic rings. The maximum Gasteiger partial charge on any atom is 0.213 e. The van der Waals surface area contributed by atoms with E-state index in [1.165, 1.54) is 6.42 Å². The van der Waals surface area contributed by atoms with Gasteiger partial charge in [-0.3, -0.25) is 9.89 Å². The lowest BCUT2D eigenvalue weighted by Crippen LogP contribution is -2.47. The minimum absolute atomic E-state index is 0. The Balaban J connectivity index is 0.00000676. The molecule has 1 heterocycles. The summed E-state index contributed by atoms with van der Waals surface area (Å²) in [7, 11) is 1.79. The number of hydrogen-bond donors (Lipinski definition) is 2. The minimum Gasteiger partial charge on any atom is -0.443 e. The third-order valence-electron chi connectivity index (χ3n) is 4.50. The third kappa shape index (κ3) is 9.27. The smallest absolute Gasteiger partial charge is 0.213 e. The molecular formula is C20H40IN5O. The van der Waals surface area contributed by atoms with E-state index < -0.39 is 0 Å². The van der Waals surface area contributed by atoms with Crippen LogP contribution in [0.15, 0.2) is 15.6 Å². The van der Waals surface area contributed by atoms with Crippen LogP contribution in [0.3, 0.4) is 0 Å². The Labute approximate surface area is 183 Å². The summed E-state index contributed by atoms with van der Waals surface area (Å²) in [5, 5.41) is 6.76. The van der Waals surface area contributed by atoms with Gasteiger partial charge in [-0.25, -0.2) is 4.98 Å². The van der Waals surface area contributed by atoms with Crippen molar-refractivity contribution in [2.24, 2.45) is 10.9 Å². The zero-order valence-electron chi connectivity index (χ0n) is 18.4. The van der Waals surface area contributed by atoms with Crippen molar-refractivity contribution in [1.82, 2.24) is 20.5 Å². The van der Waals surface area contributed by atoms with Crippen LogP contribution >= 0.6 is 24.0 Å². The molecule has 6 nitrogen and oxygen atoms in total. The molecule has 0 aliphatic carbocycles. The summed E-state index contributed by atoms with van der Waals surface area (Å²) >= 11 is 0. The number of hydrogen-bond acceptors (Lipinski definition) is 4. The standard InChI is InChI=1S/C20H39N5O.HI/c1-9-25(10-2)16(11-15(3)4)12-23-19(21-8)24-14-18-22-13-17(26-18)20(5,6)7;/h13,15-16H,9-12,14H2,1-8H3,(H2,21,23,24);1H. The Morgan fingerprint density at radius 2 is 1.85 bits per heavy atom. The molecule has 1 unspecified atom stereocenters. The Kier molecular flexibility index (Phi) is 12.2. The van der Waals surface area contributed by atoms with Gasteiger partial charge in [-0.2, -0.15) is 0 Å². The highest BCUT2D eigenvalue weighted by Crippen LogP contribution is 2.22. The average Bonchev–Trinajstić information content (AvgIpc) is 3.04. The zero-order valence-corrected chi connectivity index (χ0v) is 20.8. The van der Waals surface area contributed by atoms with Crippen molar-refractivity contribution in [3.05, 3.63) is 17.8 Å². The van der Waals surface area contributed by atoms with E-state index in [1.54, 1.807) is 7.05 Å². The van der Waals surface area contributed by atoms with Gasteiger partial charge in [-0.1, -0.05) is 48.5 Å². The number of likely N-dealkylation sites (N-methyl/N-ethyl adjacent to an activating group) is 1. The lowest BCUT2D eigenvalue weighted by Gasteiger charge is -2.31. The Morgan fingerprint density at radius 1 is 1.22 bits per heavy atom. The second kappa shape index (κ2) is 12.6. The number of halogens is 1. The van der Waals surface area contributed by atoms with Crippen molar-refractivity contribution in [1.29, 1.82) is 0 Å². The van der Waals surface area contributed by atoms with Gasteiger partial charge in [0.25, 0.3) is 0 Å². The van der Waals surface area contributed by atoms with Gasteiger partial charge in [0.1, 0.15) is 5.76 Å². The van der Waals surface area contributed by atoms with Gasteiger partial charge in [0.05, 0.1) is 12.7 Å². The quantitative estimate of drug-likeness (QED) is 0.309. The molecule has 0 aliphatic rings. The second-order valence-electron chi connectivity index (χ2n) is 8.18. The topological polar surface area (TPSA) is 65.7 Å². The van der Waals surface area contributed by atoms with Crippen LogP contribution in [0.1, 0.15) is 66.5 Å². The zero-order chi connectivity index (χ0) is 19.7. The van der Waals surface area contributed by atoms with Crippen LogP contribution in [0.25, 0.3) is 0 Å². The number of aromatic nitrogens is 1. The van der Waals surface area contributed by atoms with Crippen LogP contribution < -0.4 is 10.6 Å². The number of aliphatic imine (C=N–C) groups is 1. The first-order valence-corrected chi connectivity index (χ1v) is 9.84. The van der Waals surface area contributed by atoms with Crippen molar-refractivity contribution in [2.45, 2.75) is 72.9 Å². The largest absolute Gasteiger partial charge is 0.443 e. The summed E-state index contributed by atoms with van der Waals surface area (Å²) in [6.45, 7) is 18.9. The number of guanidine groups is 1. The molecule has 1 rings (SSSR count). The van der Waals surface area contributed by atoms with Crippen LogP contribution in [0.4, 0.5) is 0 Å². The predicted octanol–water partition coefficient (Wildman–Crippen LogP) is 4.01.